The van der Waals surface area contributed by atoms with Gasteiger partial charge in [0.15, 0.2) is 0 Å². The first-order chi connectivity index (χ1) is 9.76. The normalized spacial score (nSPS) is 10.8. The predicted molar refractivity (Wildman–Crippen MR) is 85.3 cm³/mol. The van der Waals surface area contributed by atoms with Crippen molar-refractivity contribution >= 4 is 27.2 Å². The SMILES string of the molecule is CCCOc1cccc(-c2nc3ccc(N)cc3s2)c1. The molecule has 1 aromatic heterocycles. The Kier molecular flexibility index (Phi) is 3.56. The van der Waals surface area contributed by atoms with Crippen LogP contribution in [0.25, 0.3) is 20.8 Å². The number of nitrogen functional groups attached to an aromatic ring is 1. The van der Waals surface area contributed by atoms with Crippen LogP contribution in [0.15, 0.2) is 42.5 Å². The average molecular weight is 284 g/mol. The van der Waals surface area contributed by atoms with E-state index in [9.17, 15) is 0 Å². The lowest BCUT2D eigenvalue weighted by Crippen LogP contribution is -1.94. The molecule has 0 amide bonds. The summed E-state index contributed by atoms with van der Waals surface area (Å²) in [5, 5.41) is 0.993. The molecule has 3 rings (SSSR count). The predicted octanol–water partition coefficient (Wildman–Crippen LogP) is 4.33. The Morgan fingerprint density at radius 3 is 2.95 bits per heavy atom. The zero-order valence-corrected chi connectivity index (χ0v) is 12.1. The molecule has 0 spiro atoms. The van der Waals surface area contributed by atoms with Gasteiger partial charge in [0, 0.05) is 11.3 Å². The van der Waals surface area contributed by atoms with Gasteiger partial charge >= 0.3 is 0 Å². The van der Waals surface area contributed by atoms with Crippen LogP contribution >= 0.6 is 11.3 Å². The second kappa shape index (κ2) is 5.51. The summed E-state index contributed by atoms with van der Waals surface area (Å²) in [5.41, 5.74) is 8.65. The first-order valence-corrected chi connectivity index (χ1v) is 7.47. The molecule has 0 aliphatic rings. The molecule has 1 heterocycles. The molecule has 0 radical (unpaired) electrons. The van der Waals surface area contributed by atoms with Gasteiger partial charge in [-0.25, -0.2) is 4.98 Å². The number of hydrogen-bond donors (Lipinski definition) is 1. The van der Waals surface area contributed by atoms with Crippen LogP contribution in [-0.4, -0.2) is 11.6 Å². The molecule has 0 aliphatic carbocycles. The van der Waals surface area contributed by atoms with Crippen molar-refractivity contribution in [2.75, 3.05) is 12.3 Å². The van der Waals surface area contributed by atoms with Gasteiger partial charge in [-0.3, -0.25) is 0 Å². The molecule has 2 aromatic carbocycles. The number of rotatable bonds is 4. The van der Waals surface area contributed by atoms with Crippen LogP contribution in [0.1, 0.15) is 13.3 Å². The second-order valence-electron chi connectivity index (χ2n) is 4.62. The Hall–Kier alpha value is -2.07. The Balaban J connectivity index is 1.97. The zero-order chi connectivity index (χ0) is 13.9. The van der Waals surface area contributed by atoms with Gasteiger partial charge in [0.1, 0.15) is 10.8 Å². The van der Waals surface area contributed by atoms with Crippen molar-refractivity contribution in [3.05, 3.63) is 42.5 Å². The zero-order valence-electron chi connectivity index (χ0n) is 11.3. The van der Waals surface area contributed by atoms with Crippen LogP contribution in [0, 0.1) is 0 Å². The number of anilines is 1. The molecule has 0 saturated heterocycles. The maximum Gasteiger partial charge on any atom is 0.124 e. The van der Waals surface area contributed by atoms with Crippen molar-refractivity contribution in [2.24, 2.45) is 0 Å². The first kappa shape index (κ1) is 12.9. The van der Waals surface area contributed by atoms with Crippen LogP contribution in [0.2, 0.25) is 0 Å². The van der Waals surface area contributed by atoms with Crippen LogP contribution in [0.5, 0.6) is 5.75 Å². The Labute approximate surface area is 122 Å². The number of thiazole rings is 1. The highest BCUT2D eigenvalue weighted by molar-refractivity contribution is 7.21. The van der Waals surface area contributed by atoms with E-state index < -0.39 is 0 Å². The van der Waals surface area contributed by atoms with E-state index in [0.717, 1.165) is 45.3 Å². The molecule has 0 atom stereocenters. The van der Waals surface area contributed by atoms with Crippen molar-refractivity contribution < 1.29 is 4.74 Å². The molecule has 0 saturated carbocycles. The third kappa shape index (κ3) is 2.60. The van der Waals surface area contributed by atoms with Crippen LogP contribution in [0.3, 0.4) is 0 Å². The van der Waals surface area contributed by atoms with Gasteiger partial charge in [-0.2, -0.15) is 0 Å². The number of benzene rings is 2. The van der Waals surface area contributed by atoms with Crippen LogP contribution in [-0.2, 0) is 0 Å². The summed E-state index contributed by atoms with van der Waals surface area (Å²) in [5.74, 6) is 0.892. The highest BCUT2D eigenvalue weighted by atomic mass is 32.1. The quantitative estimate of drug-likeness (QED) is 0.725. The molecule has 102 valence electrons. The van der Waals surface area contributed by atoms with E-state index in [1.54, 1.807) is 11.3 Å². The Morgan fingerprint density at radius 2 is 2.10 bits per heavy atom. The van der Waals surface area contributed by atoms with Gasteiger partial charge < -0.3 is 10.5 Å². The van der Waals surface area contributed by atoms with Gasteiger partial charge in [0.05, 0.1) is 16.8 Å². The molecule has 0 aliphatic heterocycles. The second-order valence-corrected chi connectivity index (χ2v) is 5.65. The molecule has 0 fully saturated rings. The van der Waals surface area contributed by atoms with E-state index in [0.29, 0.717) is 0 Å². The minimum Gasteiger partial charge on any atom is -0.494 e. The lowest BCUT2D eigenvalue weighted by molar-refractivity contribution is 0.317. The van der Waals surface area contributed by atoms with Gasteiger partial charge in [-0.05, 0) is 36.8 Å². The van der Waals surface area contributed by atoms with Gasteiger partial charge in [-0.15, -0.1) is 11.3 Å². The van der Waals surface area contributed by atoms with E-state index in [-0.39, 0.29) is 0 Å². The van der Waals surface area contributed by atoms with Crippen molar-refractivity contribution in [1.82, 2.24) is 4.98 Å². The summed E-state index contributed by atoms with van der Waals surface area (Å²) in [6, 6.07) is 13.9. The van der Waals surface area contributed by atoms with Crippen molar-refractivity contribution in [3.63, 3.8) is 0 Å². The number of fused-ring (bicyclic) bond motifs is 1. The maximum atomic E-state index is 5.81. The third-order valence-electron chi connectivity index (χ3n) is 2.97. The molecule has 20 heavy (non-hydrogen) atoms. The summed E-state index contributed by atoms with van der Waals surface area (Å²) in [6.07, 6.45) is 1.00. The van der Waals surface area contributed by atoms with E-state index in [2.05, 4.69) is 18.0 Å². The number of ether oxygens (including phenoxy) is 1. The fraction of sp³-hybridized carbons (Fsp3) is 0.188. The van der Waals surface area contributed by atoms with Crippen molar-refractivity contribution in [3.8, 4) is 16.3 Å². The van der Waals surface area contributed by atoms with Crippen LogP contribution in [0.4, 0.5) is 5.69 Å². The minimum absolute atomic E-state index is 0.736. The third-order valence-corrected chi connectivity index (χ3v) is 4.03. The number of nitrogens with two attached hydrogens (primary N) is 1. The highest BCUT2D eigenvalue weighted by Gasteiger charge is 2.07. The lowest BCUT2D eigenvalue weighted by atomic mass is 10.2. The molecule has 3 nitrogen and oxygen atoms in total. The number of nitrogens with zero attached hydrogens (tertiary/aromatic N) is 1. The lowest BCUT2D eigenvalue weighted by Gasteiger charge is -2.05. The average Bonchev–Trinajstić information content (AvgIpc) is 2.88. The monoisotopic (exact) mass is 284 g/mol. The molecule has 3 aromatic rings. The van der Waals surface area contributed by atoms with Crippen molar-refractivity contribution in [1.29, 1.82) is 0 Å². The molecule has 4 heteroatoms. The van der Waals surface area contributed by atoms with E-state index in [1.807, 2.05) is 36.4 Å². The summed E-state index contributed by atoms with van der Waals surface area (Å²) in [6.45, 7) is 2.83. The highest BCUT2D eigenvalue weighted by Crippen LogP contribution is 2.32. The molecular formula is C16H16N2OS. The van der Waals surface area contributed by atoms with Gasteiger partial charge in [0.25, 0.3) is 0 Å². The van der Waals surface area contributed by atoms with E-state index in [1.165, 1.54) is 0 Å². The van der Waals surface area contributed by atoms with E-state index >= 15 is 0 Å². The van der Waals surface area contributed by atoms with Gasteiger partial charge in [-0.1, -0.05) is 19.1 Å². The summed E-state index contributed by atoms with van der Waals surface area (Å²) in [7, 11) is 0. The van der Waals surface area contributed by atoms with Gasteiger partial charge in [0.2, 0.25) is 0 Å². The molecular weight excluding hydrogens is 268 g/mol. The Morgan fingerprint density at radius 1 is 1.20 bits per heavy atom. The van der Waals surface area contributed by atoms with Crippen LogP contribution < -0.4 is 10.5 Å². The van der Waals surface area contributed by atoms with E-state index in [4.69, 9.17) is 10.5 Å². The molecule has 2 N–H and O–H groups in total. The fourth-order valence-corrected chi connectivity index (χ4v) is 3.01. The van der Waals surface area contributed by atoms with Crippen molar-refractivity contribution in [2.45, 2.75) is 13.3 Å². The smallest absolute Gasteiger partial charge is 0.124 e. The maximum absolute atomic E-state index is 5.81. The summed E-state index contributed by atoms with van der Waals surface area (Å²) < 4.78 is 6.78. The number of hydrogen-bond acceptors (Lipinski definition) is 4. The topological polar surface area (TPSA) is 48.1 Å². The largest absolute Gasteiger partial charge is 0.494 e. The fourth-order valence-electron chi connectivity index (χ4n) is 2.00. The summed E-state index contributed by atoms with van der Waals surface area (Å²) in [4.78, 5) is 4.65. The molecule has 0 unspecified atom stereocenters. The molecule has 0 bridgehead atoms. The standard InChI is InChI=1S/C16H16N2OS/c1-2-8-19-13-5-3-4-11(9-13)16-18-14-7-6-12(17)10-15(14)20-16/h3-7,9-10H,2,8,17H2,1H3. The minimum atomic E-state index is 0.736. The number of aromatic nitrogens is 1. The Bertz CT molecular complexity index is 736. The summed E-state index contributed by atoms with van der Waals surface area (Å²) >= 11 is 1.65. The first-order valence-electron chi connectivity index (χ1n) is 6.65.